The Labute approximate surface area is 160 Å². The summed E-state index contributed by atoms with van der Waals surface area (Å²) < 4.78 is 5.53. The van der Waals surface area contributed by atoms with E-state index < -0.39 is 0 Å². The summed E-state index contributed by atoms with van der Waals surface area (Å²) in [6, 6.07) is 9.94. The molecule has 0 unspecified atom stereocenters. The highest BCUT2D eigenvalue weighted by atomic mass is 16.5. The largest absolute Gasteiger partial charge is 0.395 e. The van der Waals surface area contributed by atoms with E-state index in [1.165, 1.54) is 38.5 Å². The minimum Gasteiger partial charge on any atom is -0.395 e. The molecule has 5 nitrogen and oxygen atoms in total. The first kappa shape index (κ1) is 17.4. The van der Waals surface area contributed by atoms with Gasteiger partial charge in [-0.15, -0.1) is 0 Å². The topological polar surface area (TPSA) is 62.4 Å². The van der Waals surface area contributed by atoms with Crippen molar-refractivity contribution in [3.63, 3.8) is 0 Å². The van der Waals surface area contributed by atoms with Gasteiger partial charge in [-0.25, -0.2) is 0 Å². The highest BCUT2D eigenvalue weighted by Crippen LogP contribution is 2.60. The van der Waals surface area contributed by atoms with Crippen molar-refractivity contribution in [3.05, 3.63) is 36.2 Å². The van der Waals surface area contributed by atoms with Gasteiger partial charge in [0.2, 0.25) is 11.7 Å². The van der Waals surface area contributed by atoms with E-state index in [1.54, 1.807) is 0 Å². The fraction of sp³-hybridized carbons (Fsp3) is 0.636. The Morgan fingerprint density at radius 2 is 1.70 bits per heavy atom. The minimum absolute atomic E-state index is 0.173. The molecule has 4 bridgehead atoms. The van der Waals surface area contributed by atoms with Gasteiger partial charge >= 0.3 is 0 Å². The molecule has 0 atom stereocenters. The van der Waals surface area contributed by atoms with E-state index in [1.807, 2.05) is 30.3 Å². The van der Waals surface area contributed by atoms with E-state index in [9.17, 15) is 5.11 Å². The average Bonchev–Trinajstić information content (AvgIpc) is 3.10. The van der Waals surface area contributed by atoms with Crippen molar-refractivity contribution < 1.29 is 9.63 Å². The van der Waals surface area contributed by atoms with Gasteiger partial charge in [-0.1, -0.05) is 35.5 Å². The van der Waals surface area contributed by atoms with Crippen LogP contribution in [0, 0.1) is 23.2 Å². The van der Waals surface area contributed by atoms with Crippen molar-refractivity contribution in [2.75, 3.05) is 19.7 Å². The molecule has 0 amide bonds. The standard InChI is InChI=1S/C22H29N3O2/c26-7-6-25(14-20-23-21(24-27-20)19-4-2-1-3-5-19)15-22-11-16-8-17(12-22)10-18(9-16)13-22/h1-5,16-18,26H,6-15H2. The van der Waals surface area contributed by atoms with E-state index in [2.05, 4.69) is 15.0 Å². The second kappa shape index (κ2) is 7.02. The maximum absolute atomic E-state index is 9.60. The van der Waals surface area contributed by atoms with Gasteiger partial charge in [-0.05, 0) is 61.7 Å². The van der Waals surface area contributed by atoms with E-state index in [0.717, 1.165) is 29.9 Å². The summed E-state index contributed by atoms with van der Waals surface area (Å²) in [4.78, 5) is 6.94. The Kier molecular flexibility index (Phi) is 4.52. The predicted molar refractivity (Wildman–Crippen MR) is 103 cm³/mol. The molecule has 2 aromatic rings. The Hall–Kier alpha value is -1.72. The molecule has 0 radical (unpaired) electrons. The Morgan fingerprint density at radius 1 is 1.04 bits per heavy atom. The first-order chi connectivity index (χ1) is 13.2. The number of hydrogen-bond donors (Lipinski definition) is 1. The van der Waals surface area contributed by atoms with Crippen LogP contribution in [0.1, 0.15) is 44.4 Å². The Balaban J connectivity index is 1.30. The van der Waals surface area contributed by atoms with Gasteiger partial charge < -0.3 is 9.63 Å². The molecule has 144 valence electrons. The molecule has 1 aromatic heterocycles. The SMILES string of the molecule is OCCN(Cc1nc(-c2ccccc2)no1)CC12CC3CC(CC(C3)C1)C2. The molecular weight excluding hydrogens is 338 g/mol. The molecule has 27 heavy (non-hydrogen) atoms. The molecule has 4 aliphatic carbocycles. The van der Waals surface area contributed by atoms with Crippen LogP contribution < -0.4 is 0 Å². The van der Waals surface area contributed by atoms with Gasteiger partial charge in [0, 0.05) is 18.7 Å². The fourth-order valence-corrected chi connectivity index (χ4v) is 6.53. The van der Waals surface area contributed by atoms with Crippen LogP contribution in [0.3, 0.4) is 0 Å². The third-order valence-corrected chi connectivity index (χ3v) is 7.00. The monoisotopic (exact) mass is 367 g/mol. The molecule has 0 saturated heterocycles. The Bertz CT molecular complexity index is 738. The van der Waals surface area contributed by atoms with Crippen LogP contribution in [0.4, 0.5) is 0 Å². The molecule has 4 fully saturated rings. The lowest BCUT2D eigenvalue weighted by molar-refractivity contribution is -0.0723. The maximum Gasteiger partial charge on any atom is 0.241 e. The van der Waals surface area contributed by atoms with Crippen LogP contribution in [0.25, 0.3) is 11.4 Å². The average molecular weight is 367 g/mol. The predicted octanol–water partition coefficient (Wildman–Crippen LogP) is 3.75. The second-order valence-corrected chi connectivity index (χ2v) is 9.23. The second-order valence-electron chi connectivity index (χ2n) is 9.23. The van der Waals surface area contributed by atoms with Crippen molar-refractivity contribution >= 4 is 0 Å². The summed E-state index contributed by atoms with van der Waals surface area (Å²) in [6.45, 7) is 2.53. The number of aliphatic hydroxyl groups is 1. The molecule has 1 N–H and O–H groups in total. The van der Waals surface area contributed by atoms with E-state index in [-0.39, 0.29) is 6.61 Å². The van der Waals surface area contributed by atoms with Crippen LogP contribution in [0.15, 0.2) is 34.9 Å². The molecule has 0 spiro atoms. The van der Waals surface area contributed by atoms with Crippen LogP contribution in [-0.2, 0) is 6.54 Å². The van der Waals surface area contributed by atoms with Crippen molar-refractivity contribution in [2.45, 2.75) is 45.1 Å². The molecule has 5 heteroatoms. The van der Waals surface area contributed by atoms with Gasteiger partial charge in [0.25, 0.3) is 0 Å². The number of aromatic nitrogens is 2. The maximum atomic E-state index is 9.60. The third-order valence-electron chi connectivity index (χ3n) is 7.00. The number of aliphatic hydroxyl groups excluding tert-OH is 1. The molecule has 0 aliphatic heterocycles. The Morgan fingerprint density at radius 3 is 2.33 bits per heavy atom. The van der Waals surface area contributed by atoms with Gasteiger partial charge in [0.15, 0.2) is 0 Å². The third kappa shape index (κ3) is 3.55. The molecule has 1 heterocycles. The van der Waals surface area contributed by atoms with E-state index in [0.29, 0.717) is 30.2 Å². The van der Waals surface area contributed by atoms with Crippen molar-refractivity contribution in [2.24, 2.45) is 23.2 Å². The molecule has 4 aliphatic rings. The molecule has 1 aromatic carbocycles. The van der Waals surface area contributed by atoms with Gasteiger partial charge in [-0.3, -0.25) is 4.90 Å². The molecular formula is C22H29N3O2. The summed E-state index contributed by atoms with van der Waals surface area (Å²) in [5.74, 6) is 4.12. The lowest BCUT2D eigenvalue weighted by Crippen LogP contribution is -2.51. The van der Waals surface area contributed by atoms with E-state index in [4.69, 9.17) is 4.52 Å². The van der Waals surface area contributed by atoms with Crippen LogP contribution >= 0.6 is 0 Å². The minimum atomic E-state index is 0.173. The van der Waals surface area contributed by atoms with Crippen LogP contribution in [0.5, 0.6) is 0 Å². The number of rotatable bonds is 7. The van der Waals surface area contributed by atoms with Gasteiger partial charge in [0.1, 0.15) is 0 Å². The van der Waals surface area contributed by atoms with Crippen molar-refractivity contribution in [1.82, 2.24) is 15.0 Å². The quantitative estimate of drug-likeness (QED) is 0.807. The highest BCUT2D eigenvalue weighted by molar-refractivity contribution is 5.53. The first-order valence-corrected chi connectivity index (χ1v) is 10.4. The zero-order valence-corrected chi connectivity index (χ0v) is 15.9. The van der Waals surface area contributed by atoms with Crippen LogP contribution in [0.2, 0.25) is 0 Å². The number of nitrogens with zero attached hydrogens (tertiary/aromatic N) is 3. The number of benzene rings is 1. The highest BCUT2D eigenvalue weighted by Gasteiger charge is 2.51. The smallest absolute Gasteiger partial charge is 0.241 e. The van der Waals surface area contributed by atoms with E-state index >= 15 is 0 Å². The van der Waals surface area contributed by atoms with Crippen molar-refractivity contribution in [1.29, 1.82) is 0 Å². The number of hydrogen-bond acceptors (Lipinski definition) is 5. The summed E-state index contributed by atoms with van der Waals surface area (Å²) in [7, 11) is 0. The zero-order valence-electron chi connectivity index (χ0n) is 15.9. The molecule has 6 rings (SSSR count). The summed E-state index contributed by atoms with van der Waals surface area (Å²) >= 11 is 0. The first-order valence-electron chi connectivity index (χ1n) is 10.4. The summed E-state index contributed by atoms with van der Waals surface area (Å²) in [5.41, 5.74) is 1.42. The summed E-state index contributed by atoms with van der Waals surface area (Å²) in [5, 5.41) is 13.8. The zero-order chi connectivity index (χ0) is 18.3. The molecule has 4 saturated carbocycles. The van der Waals surface area contributed by atoms with Crippen molar-refractivity contribution in [3.8, 4) is 11.4 Å². The normalized spacial score (nSPS) is 31.7. The van der Waals surface area contributed by atoms with Gasteiger partial charge in [-0.2, -0.15) is 4.98 Å². The van der Waals surface area contributed by atoms with Crippen LogP contribution in [-0.4, -0.2) is 39.8 Å². The summed E-state index contributed by atoms with van der Waals surface area (Å²) in [6.07, 6.45) is 8.51. The lowest BCUT2D eigenvalue weighted by atomic mass is 9.49. The fourth-order valence-electron chi connectivity index (χ4n) is 6.53. The lowest BCUT2D eigenvalue weighted by Gasteiger charge is -2.57. The van der Waals surface area contributed by atoms with Gasteiger partial charge in [0.05, 0.1) is 13.2 Å².